The van der Waals surface area contributed by atoms with Crippen LogP contribution in [0.15, 0.2) is 47.4 Å². The van der Waals surface area contributed by atoms with E-state index in [0.717, 1.165) is 0 Å². The lowest BCUT2D eigenvalue weighted by Gasteiger charge is -2.08. The standard InChI is InChI=1S/C17H15ClN2O4S/c1-24-16-7-6-14(10-15(16)18)25(22,23)9-8-17(21)20-13-4-2-12(11-19)3-5-13/h2-7,10H,8-9H2,1H3,(H,20,21). The summed E-state index contributed by atoms with van der Waals surface area (Å²) in [5.41, 5.74) is 0.964. The number of hydrogen-bond donors (Lipinski definition) is 1. The quantitative estimate of drug-likeness (QED) is 0.833. The lowest BCUT2D eigenvalue weighted by atomic mass is 10.2. The molecular formula is C17H15ClN2O4S. The van der Waals surface area contributed by atoms with Crippen molar-refractivity contribution in [3.05, 3.63) is 53.1 Å². The van der Waals surface area contributed by atoms with Crippen LogP contribution in [0.2, 0.25) is 5.02 Å². The van der Waals surface area contributed by atoms with Crippen molar-refractivity contribution in [1.82, 2.24) is 0 Å². The highest BCUT2D eigenvalue weighted by molar-refractivity contribution is 7.91. The van der Waals surface area contributed by atoms with E-state index < -0.39 is 15.7 Å². The number of amides is 1. The molecule has 6 nitrogen and oxygen atoms in total. The molecule has 0 heterocycles. The third-order valence-electron chi connectivity index (χ3n) is 3.38. The van der Waals surface area contributed by atoms with Crippen LogP contribution in [0, 0.1) is 11.3 Å². The number of carbonyl (C=O) groups is 1. The molecule has 2 rings (SSSR count). The predicted molar refractivity (Wildman–Crippen MR) is 94.5 cm³/mol. The minimum Gasteiger partial charge on any atom is -0.495 e. The van der Waals surface area contributed by atoms with Crippen LogP contribution in [0.5, 0.6) is 5.75 Å². The van der Waals surface area contributed by atoms with Crippen LogP contribution >= 0.6 is 11.6 Å². The first-order valence-corrected chi connectivity index (χ1v) is 9.25. The van der Waals surface area contributed by atoms with Crippen molar-refractivity contribution < 1.29 is 17.9 Å². The largest absolute Gasteiger partial charge is 0.495 e. The number of nitrogens with zero attached hydrogens (tertiary/aromatic N) is 1. The molecule has 0 radical (unpaired) electrons. The maximum atomic E-state index is 12.3. The van der Waals surface area contributed by atoms with Gasteiger partial charge in [0.2, 0.25) is 5.91 Å². The van der Waals surface area contributed by atoms with Crippen molar-refractivity contribution in [2.75, 3.05) is 18.2 Å². The van der Waals surface area contributed by atoms with E-state index in [2.05, 4.69) is 5.32 Å². The van der Waals surface area contributed by atoms with Gasteiger partial charge in [0.25, 0.3) is 0 Å². The average Bonchev–Trinajstić information content (AvgIpc) is 2.60. The van der Waals surface area contributed by atoms with E-state index in [1.165, 1.54) is 25.3 Å². The number of carbonyl (C=O) groups excluding carboxylic acids is 1. The lowest BCUT2D eigenvalue weighted by molar-refractivity contribution is -0.115. The number of halogens is 1. The normalized spacial score (nSPS) is 10.8. The molecule has 2 aromatic rings. The van der Waals surface area contributed by atoms with Crippen molar-refractivity contribution in [2.45, 2.75) is 11.3 Å². The molecule has 0 spiro atoms. The summed E-state index contributed by atoms with van der Waals surface area (Å²) >= 11 is 5.94. The molecule has 0 aliphatic heterocycles. The Labute approximate surface area is 150 Å². The molecule has 0 bridgehead atoms. The molecule has 0 aliphatic rings. The first-order chi connectivity index (χ1) is 11.9. The van der Waals surface area contributed by atoms with E-state index in [1.807, 2.05) is 6.07 Å². The Kier molecular flexibility index (Phi) is 6.02. The molecule has 25 heavy (non-hydrogen) atoms. The van der Waals surface area contributed by atoms with Crippen LogP contribution < -0.4 is 10.1 Å². The second kappa shape index (κ2) is 8.01. The highest BCUT2D eigenvalue weighted by atomic mass is 35.5. The van der Waals surface area contributed by atoms with Gasteiger partial charge in [-0.25, -0.2) is 8.42 Å². The number of methoxy groups -OCH3 is 1. The number of hydrogen-bond acceptors (Lipinski definition) is 5. The lowest BCUT2D eigenvalue weighted by Crippen LogP contribution is -2.17. The minimum absolute atomic E-state index is 0.0319. The number of sulfone groups is 1. The van der Waals surface area contributed by atoms with Gasteiger partial charge in [0.15, 0.2) is 9.84 Å². The molecule has 8 heteroatoms. The highest BCUT2D eigenvalue weighted by Gasteiger charge is 2.18. The van der Waals surface area contributed by atoms with E-state index in [0.29, 0.717) is 17.0 Å². The summed E-state index contributed by atoms with van der Waals surface area (Å²) in [5, 5.41) is 11.5. The van der Waals surface area contributed by atoms with Crippen LogP contribution in [0.1, 0.15) is 12.0 Å². The predicted octanol–water partition coefficient (Wildman–Crippen LogP) is 3.02. The fourth-order valence-electron chi connectivity index (χ4n) is 2.04. The van der Waals surface area contributed by atoms with Gasteiger partial charge in [-0.05, 0) is 42.5 Å². The zero-order valence-corrected chi connectivity index (χ0v) is 14.9. The average molecular weight is 379 g/mol. The van der Waals surface area contributed by atoms with E-state index in [-0.39, 0.29) is 22.1 Å². The van der Waals surface area contributed by atoms with Crippen LogP contribution in [-0.4, -0.2) is 27.2 Å². The Balaban J connectivity index is 2.00. The van der Waals surface area contributed by atoms with Crippen molar-refractivity contribution in [3.63, 3.8) is 0 Å². The Morgan fingerprint density at radius 1 is 1.24 bits per heavy atom. The molecule has 2 aromatic carbocycles. The molecule has 1 N–H and O–H groups in total. The Bertz CT molecular complexity index is 919. The monoisotopic (exact) mass is 378 g/mol. The van der Waals surface area contributed by atoms with Crippen LogP contribution in [0.3, 0.4) is 0 Å². The van der Waals surface area contributed by atoms with Crippen LogP contribution in [0.25, 0.3) is 0 Å². The fraction of sp³-hybridized carbons (Fsp3) is 0.176. The second-order valence-corrected chi connectivity index (χ2v) is 7.62. The van der Waals surface area contributed by atoms with Gasteiger partial charge < -0.3 is 10.1 Å². The third kappa shape index (κ3) is 4.95. The molecule has 0 saturated carbocycles. The zero-order valence-electron chi connectivity index (χ0n) is 13.3. The maximum Gasteiger partial charge on any atom is 0.225 e. The topological polar surface area (TPSA) is 96.3 Å². The summed E-state index contributed by atoms with van der Waals surface area (Å²) in [4.78, 5) is 12.0. The number of benzene rings is 2. The van der Waals surface area contributed by atoms with Gasteiger partial charge in [-0.2, -0.15) is 5.26 Å². The second-order valence-electron chi connectivity index (χ2n) is 5.10. The molecule has 0 aliphatic carbocycles. The maximum absolute atomic E-state index is 12.3. The SMILES string of the molecule is COc1ccc(S(=O)(=O)CCC(=O)Nc2ccc(C#N)cc2)cc1Cl. The van der Waals surface area contributed by atoms with E-state index in [1.54, 1.807) is 24.3 Å². The van der Waals surface area contributed by atoms with Crippen molar-refractivity contribution in [2.24, 2.45) is 0 Å². The summed E-state index contributed by atoms with van der Waals surface area (Å²) in [6.45, 7) is 0. The van der Waals surface area contributed by atoms with Crippen LogP contribution in [-0.2, 0) is 14.6 Å². The van der Waals surface area contributed by atoms with Crippen molar-refractivity contribution in [3.8, 4) is 11.8 Å². The Morgan fingerprint density at radius 3 is 2.48 bits per heavy atom. The van der Waals surface area contributed by atoms with Gasteiger partial charge in [-0.1, -0.05) is 11.6 Å². The Hall–Kier alpha value is -2.56. The molecule has 0 unspecified atom stereocenters. The van der Waals surface area contributed by atoms with Gasteiger partial charge in [0.1, 0.15) is 5.75 Å². The molecule has 0 aromatic heterocycles. The first kappa shape index (κ1) is 18.8. The summed E-state index contributed by atoms with van der Waals surface area (Å²) < 4.78 is 29.6. The number of anilines is 1. The molecule has 0 saturated heterocycles. The number of nitrogens with one attached hydrogen (secondary N) is 1. The number of nitriles is 1. The van der Waals surface area contributed by atoms with Gasteiger partial charge in [-0.15, -0.1) is 0 Å². The smallest absolute Gasteiger partial charge is 0.225 e. The van der Waals surface area contributed by atoms with E-state index in [9.17, 15) is 13.2 Å². The zero-order chi connectivity index (χ0) is 18.4. The van der Waals surface area contributed by atoms with Gasteiger partial charge in [0.05, 0.1) is 34.4 Å². The minimum atomic E-state index is -3.65. The molecule has 130 valence electrons. The molecule has 1 amide bonds. The van der Waals surface area contributed by atoms with Gasteiger partial charge in [0, 0.05) is 12.1 Å². The number of rotatable bonds is 6. The summed E-state index contributed by atoms with van der Waals surface area (Å²) in [6, 6.07) is 12.4. The summed E-state index contributed by atoms with van der Waals surface area (Å²) in [6.07, 6.45) is -0.202. The molecule has 0 fully saturated rings. The van der Waals surface area contributed by atoms with E-state index >= 15 is 0 Å². The molecular weight excluding hydrogens is 364 g/mol. The van der Waals surface area contributed by atoms with E-state index in [4.69, 9.17) is 21.6 Å². The summed E-state index contributed by atoms with van der Waals surface area (Å²) in [5.74, 6) is -0.412. The van der Waals surface area contributed by atoms with Crippen molar-refractivity contribution in [1.29, 1.82) is 5.26 Å². The van der Waals surface area contributed by atoms with Crippen molar-refractivity contribution >= 4 is 33.0 Å². The highest BCUT2D eigenvalue weighted by Crippen LogP contribution is 2.27. The Morgan fingerprint density at radius 2 is 1.92 bits per heavy atom. The molecule has 0 atom stereocenters. The van der Waals surface area contributed by atoms with Crippen LogP contribution in [0.4, 0.5) is 5.69 Å². The number of ether oxygens (including phenoxy) is 1. The van der Waals surface area contributed by atoms with Gasteiger partial charge >= 0.3 is 0 Å². The third-order valence-corrected chi connectivity index (χ3v) is 5.39. The first-order valence-electron chi connectivity index (χ1n) is 7.22. The van der Waals surface area contributed by atoms with Gasteiger partial charge in [-0.3, -0.25) is 4.79 Å². The summed E-state index contributed by atoms with van der Waals surface area (Å²) in [7, 11) is -2.22. The fourth-order valence-corrected chi connectivity index (χ4v) is 3.62.